The number of likely N-dealkylation sites (N-methyl/N-ethyl adjacent to an activating group) is 1. The number of aromatic nitrogens is 4. The standard InChI is InChI=1S/C29H30N8O5S/c1-36(2)43(39,40)24-8-6-5-7-21(24)32-28-25-20(26(38)19-13-31-42-16-19)14-30-27(25)34-29(35-28)33-22-11-18-15-37(3)10-9-17(18)12-23(22)41-4/h5-8,11-14,16H,9-10,15H2,1-4H3,(H3,30,32,33,34,35). The van der Waals surface area contributed by atoms with Crippen LogP contribution in [0.5, 0.6) is 5.75 Å². The minimum absolute atomic E-state index is 0.0456. The highest BCUT2D eigenvalue weighted by Crippen LogP contribution is 2.36. The van der Waals surface area contributed by atoms with Gasteiger partial charge in [-0.3, -0.25) is 4.79 Å². The van der Waals surface area contributed by atoms with Crippen LogP contribution in [0.3, 0.4) is 0 Å². The largest absolute Gasteiger partial charge is 0.495 e. The van der Waals surface area contributed by atoms with Crippen molar-refractivity contribution >= 4 is 50.0 Å². The molecule has 0 radical (unpaired) electrons. The van der Waals surface area contributed by atoms with Gasteiger partial charge in [-0.1, -0.05) is 17.3 Å². The Kier molecular flexibility index (Phi) is 7.33. The van der Waals surface area contributed by atoms with Crippen LogP contribution >= 0.6 is 0 Å². The SMILES string of the molecule is COc1cc2c(cc1Nc1nc(Nc3ccccc3S(=O)(=O)N(C)C)c3c(C(=O)c4cnoc4)c[nH]c3n1)CN(C)CC2. The van der Waals surface area contributed by atoms with Crippen molar-refractivity contribution in [1.82, 2.24) is 29.3 Å². The summed E-state index contributed by atoms with van der Waals surface area (Å²) in [5.74, 6) is 0.691. The van der Waals surface area contributed by atoms with Crippen LogP contribution in [-0.4, -0.2) is 78.3 Å². The average molecular weight is 603 g/mol. The van der Waals surface area contributed by atoms with E-state index in [1.807, 2.05) is 12.1 Å². The molecule has 3 N–H and O–H groups in total. The second-order valence-corrected chi connectivity index (χ2v) is 12.5. The van der Waals surface area contributed by atoms with Gasteiger partial charge in [0.05, 0.1) is 41.2 Å². The van der Waals surface area contributed by atoms with E-state index in [0.29, 0.717) is 22.5 Å². The van der Waals surface area contributed by atoms with Gasteiger partial charge in [-0.05, 0) is 48.9 Å². The summed E-state index contributed by atoms with van der Waals surface area (Å²) in [5, 5.41) is 10.5. The third-order valence-corrected chi connectivity index (χ3v) is 9.21. The summed E-state index contributed by atoms with van der Waals surface area (Å²) in [6.45, 7) is 1.76. The Labute approximate surface area is 247 Å². The topological polar surface area (TPSA) is 159 Å². The molecule has 0 bridgehead atoms. The number of nitrogens with zero attached hydrogens (tertiary/aromatic N) is 5. The molecule has 0 spiro atoms. The normalized spacial score (nSPS) is 13.7. The maximum Gasteiger partial charge on any atom is 0.244 e. The average Bonchev–Trinajstić information content (AvgIpc) is 3.68. The van der Waals surface area contributed by atoms with Gasteiger partial charge < -0.3 is 29.8 Å². The number of rotatable bonds is 9. The number of fused-ring (bicyclic) bond motifs is 2. The van der Waals surface area contributed by atoms with Crippen molar-refractivity contribution < 1.29 is 22.5 Å². The number of hydrogen-bond acceptors (Lipinski definition) is 11. The predicted octanol–water partition coefficient (Wildman–Crippen LogP) is 3.91. The van der Waals surface area contributed by atoms with Gasteiger partial charge in [0.2, 0.25) is 16.0 Å². The Morgan fingerprint density at radius 1 is 1.12 bits per heavy atom. The molecule has 3 aromatic heterocycles. The van der Waals surface area contributed by atoms with Crippen molar-refractivity contribution in [3.63, 3.8) is 0 Å². The second-order valence-electron chi connectivity index (χ2n) is 10.4. The van der Waals surface area contributed by atoms with E-state index in [-0.39, 0.29) is 39.3 Å². The zero-order valence-electron chi connectivity index (χ0n) is 24.0. The molecule has 0 atom stereocenters. The van der Waals surface area contributed by atoms with Crippen LogP contribution in [0, 0.1) is 0 Å². The van der Waals surface area contributed by atoms with Gasteiger partial charge in [-0.15, -0.1) is 0 Å². The van der Waals surface area contributed by atoms with Crippen LogP contribution in [0.15, 0.2) is 64.5 Å². The van der Waals surface area contributed by atoms with Gasteiger partial charge in [-0.2, -0.15) is 9.97 Å². The van der Waals surface area contributed by atoms with Gasteiger partial charge in [-0.25, -0.2) is 12.7 Å². The molecule has 222 valence electrons. The number of aromatic amines is 1. The molecule has 2 aromatic carbocycles. The van der Waals surface area contributed by atoms with Gasteiger partial charge >= 0.3 is 0 Å². The Morgan fingerprint density at radius 3 is 2.67 bits per heavy atom. The number of ketones is 1. The molecule has 0 fully saturated rings. The van der Waals surface area contributed by atoms with Crippen molar-refractivity contribution in [3.05, 3.63) is 77.3 Å². The molecular weight excluding hydrogens is 572 g/mol. The first-order valence-corrected chi connectivity index (χ1v) is 14.9. The van der Waals surface area contributed by atoms with E-state index in [2.05, 4.69) is 37.7 Å². The Hall–Kier alpha value is -4.79. The van der Waals surface area contributed by atoms with Crippen LogP contribution in [0.4, 0.5) is 23.1 Å². The second kappa shape index (κ2) is 11.1. The van der Waals surface area contributed by atoms with Crippen molar-refractivity contribution in [2.45, 2.75) is 17.9 Å². The molecule has 0 amide bonds. The molecule has 0 saturated carbocycles. The Balaban J connectivity index is 1.48. The first kappa shape index (κ1) is 28.3. The smallest absolute Gasteiger partial charge is 0.244 e. The van der Waals surface area contributed by atoms with E-state index in [1.54, 1.807) is 25.3 Å². The van der Waals surface area contributed by atoms with E-state index in [4.69, 9.17) is 14.2 Å². The highest BCUT2D eigenvalue weighted by atomic mass is 32.2. The van der Waals surface area contributed by atoms with Gasteiger partial charge in [0, 0.05) is 33.4 Å². The minimum Gasteiger partial charge on any atom is -0.495 e. The maximum absolute atomic E-state index is 13.4. The highest BCUT2D eigenvalue weighted by Gasteiger charge is 2.25. The Bertz CT molecular complexity index is 1940. The van der Waals surface area contributed by atoms with E-state index in [0.717, 1.165) is 23.8 Å². The van der Waals surface area contributed by atoms with Crippen molar-refractivity contribution in [2.24, 2.45) is 0 Å². The van der Waals surface area contributed by atoms with Crippen molar-refractivity contribution in [1.29, 1.82) is 0 Å². The molecule has 5 aromatic rings. The number of hydrogen-bond donors (Lipinski definition) is 3. The van der Waals surface area contributed by atoms with Gasteiger partial charge in [0.15, 0.2) is 5.78 Å². The summed E-state index contributed by atoms with van der Waals surface area (Å²) in [7, 11) is 2.79. The lowest BCUT2D eigenvalue weighted by atomic mass is 9.99. The minimum atomic E-state index is -3.81. The number of ether oxygens (including phenoxy) is 1. The highest BCUT2D eigenvalue weighted by molar-refractivity contribution is 7.89. The van der Waals surface area contributed by atoms with Crippen LogP contribution in [0.1, 0.15) is 27.0 Å². The summed E-state index contributed by atoms with van der Waals surface area (Å²) in [6.07, 6.45) is 5.02. The third-order valence-electron chi connectivity index (χ3n) is 7.34. The molecular formula is C29H30N8O5S. The molecule has 0 saturated heterocycles. The quantitative estimate of drug-likeness (QED) is 0.210. The number of methoxy groups -OCH3 is 1. The Morgan fingerprint density at radius 2 is 1.93 bits per heavy atom. The summed E-state index contributed by atoms with van der Waals surface area (Å²) in [5.41, 5.74) is 4.19. The van der Waals surface area contributed by atoms with Crippen LogP contribution in [0.2, 0.25) is 0 Å². The molecule has 0 aliphatic carbocycles. The molecule has 1 aliphatic heterocycles. The first-order chi connectivity index (χ1) is 20.7. The summed E-state index contributed by atoms with van der Waals surface area (Å²) >= 11 is 0. The third kappa shape index (κ3) is 5.31. The zero-order chi connectivity index (χ0) is 30.3. The number of para-hydroxylation sites is 1. The lowest BCUT2D eigenvalue weighted by Crippen LogP contribution is -2.26. The van der Waals surface area contributed by atoms with Crippen molar-refractivity contribution in [2.75, 3.05) is 45.4 Å². The van der Waals surface area contributed by atoms with Crippen LogP contribution < -0.4 is 15.4 Å². The van der Waals surface area contributed by atoms with Crippen molar-refractivity contribution in [3.8, 4) is 5.75 Å². The lowest BCUT2D eigenvalue weighted by molar-refractivity contribution is 0.103. The van der Waals surface area contributed by atoms with Gasteiger partial charge in [0.25, 0.3) is 0 Å². The lowest BCUT2D eigenvalue weighted by Gasteiger charge is -2.26. The molecule has 43 heavy (non-hydrogen) atoms. The monoisotopic (exact) mass is 602 g/mol. The fourth-order valence-electron chi connectivity index (χ4n) is 5.06. The van der Waals surface area contributed by atoms with Crippen LogP contribution in [-0.2, 0) is 23.0 Å². The van der Waals surface area contributed by atoms with Gasteiger partial charge in [0.1, 0.15) is 28.4 Å². The number of benzene rings is 2. The fourth-order valence-corrected chi connectivity index (χ4v) is 6.11. The number of carbonyl (C=O) groups excluding carboxylic acids is 1. The fraction of sp³-hybridized carbons (Fsp3) is 0.241. The number of carbonyl (C=O) groups is 1. The molecule has 6 rings (SSSR count). The summed E-state index contributed by atoms with van der Waals surface area (Å²) < 4.78 is 38.0. The van der Waals surface area contributed by atoms with E-state index < -0.39 is 10.0 Å². The first-order valence-electron chi connectivity index (χ1n) is 13.4. The van der Waals surface area contributed by atoms with E-state index >= 15 is 0 Å². The zero-order valence-corrected chi connectivity index (χ0v) is 24.8. The number of H-pyrrole nitrogens is 1. The summed E-state index contributed by atoms with van der Waals surface area (Å²) in [6, 6.07) is 10.5. The van der Waals surface area contributed by atoms with E-state index in [9.17, 15) is 13.2 Å². The number of nitrogens with one attached hydrogen (secondary N) is 3. The predicted molar refractivity (Wildman–Crippen MR) is 161 cm³/mol. The van der Waals surface area contributed by atoms with E-state index in [1.165, 1.54) is 49.9 Å². The number of anilines is 4. The molecule has 1 aliphatic rings. The molecule has 13 nitrogen and oxygen atoms in total. The molecule has 14 heteroatoms. The maximum atomic E-state index is 13.4. The molecule has 0 unspecified atom stereocenters. The number of sulfonamides is 1. The molecule has 4 heterocycles. The van der Waals surface area contributed by atoms with Crippen LogP contribution in [0.25, 0.3) is 11.0 Å². The summed E-state index contributed by atoms with van der Waals surface area (Å²) in [4.78, 5) is 28.1.